The molecule has 0 aromatic heterocycles. The fourth-order valence-corrected chi connectivity index (χ4v) is 4.35. The van der Waals surface area contributed by atoms with Crippen LogP contribution in [0, 0.1) is 5.92 Å². The lowest BCUT2D eigenvalue weighted by Crippen LogP contribution is -2.49. The van der Waals surface area contributed by atoms with Crippen molar-refractivity contribution >= 4 is 17.7 Å². The number of hydrogen-bond donors (Lipinski definition) is 2. The molecule has 1 aromatic carbocycles. The quantitative estimate of drug-likeness (QED) is 0.402. The second-order valence-corrected chi connectivity index (χ2v) is 9.05. The summed E-state index contributed by atoms with van der Waals surface area (Å²) in [4.78, 5) is 39.4. The van der Waals surface area contributed by atoms with Gasteiger partial charge in [-0.25, -0.2) is 0 Å². The Hall–Kier alpha value is -2.37. The molecule has 32 heavy (non-hydrogen) atoms. The Morgan fingerprint density at radius 2 is 1.59 bits per heavy atom. The largest absolute Gasteiger partial charge is 0.368 e. The number of amides is 3. The molecule has 0 spiro atoms. The first kappa shape index (κ1) is 25.9. The number of benzene rings is 1. The van der Waals surface area contributed by atoms with Crippen molar-refractivity contribution in [2.75, 3.05) is 13.1 Å². The number of nitrogens with zero attached hydrogens (tertiary/aromatic N) is 1. The van der Waals surface area contributed by atoms with Crippen molar-refractivity contribution in [1.29, 1.82) is 0 Å². The van der Waals surface area contributed by atoms with Crippen LogP contribution in [0.2, 0.25) is 0 Å². The van der Waals surface area contributed by atoms with Gasteiger partial charge in [0, 0.05) is 19.0 Å². The molecule has 1 fully saturated rings. The Bertz CT molecular complexity index is 702. The highest BCUT2D eigenvalue weighted by Crippen LogP contribution is 2.19. The molecule has 6 nitrogen and oxygen atoms in total. The SMILES string of the molecule is CCCCCCCCC[C@@H](Cc1ccccc1)C(=O)N[C@@H](CC(=O)N1CCCC1)C(N)=O. The molecule has 1 aromatic rings. The maximum atomic E-state index is 13.1. The van der Waals surface area contributed by atoms with Crippen LogP contribution in [0.3, 0.4) is 0 Å². The average Bonchev–Trinajstić information content (AvgIpc) is 3.33. The van der Waals surface area contributed by atoms with Crippen molar-refractivity contribution in [3.63, 3.8) is 0 Å². The van der Waals surface area contributed by atoms with Gasteiger partial charge in [-0.3, -0.25) is 14.4 Å². The van der Waals surface area contributed by atoms with E-state index >= 15 is 0 Å². The van der Waals surface area contributed by atoms with Crippen molar-refractivity contribution in [2.24, 2.45) is 11.7 Å². The summed E-state index contributed by atoms with van der Waals surface area (Å²) < 4.78 is 0. The molecular formula is C26H41N3O3. The molecule has 2 rings (SSSR count). The molecule has 3 N–H and O–H groups in total. The van der Waals surface area contributed by atoms with Crippen LogP contribution in [0.1, 0.15) is 83.1 Å². The fraction of sp³-hybridized carbons (Fsp3) is 0.654. The van der Waals surface area contributed by atoms with Gasteiger partial charge in [0.05, 0.1) is 6.42 Å². The van der Waals surface area contributed by atoms with Gasteiger partial charge in [0.2, 0.25) is 17.7 Å². The van der Waals surface area contributed by atoms with Gasteiger partial charge in [0.25, 0.3) is 0 Å². The van der Waals surface area contributed by atoms with Crippen LogP contribution in [-0.4, -0.2) is 41.8 Å². The summed E-state index contributed by atoms with van der Waals surface area (Å²) >= 11 is 0. The van der Waals surface area contributed by atoms with E-state index in [1.807, 2.05) is 30.3 Å². The van der Waals surface area contributed by atoms with E-state index in [2.05, 4.69) is 12.2 Å². The molecule has 0 unspecified atom stereocenters. The van der Waals surface area contributed by atoms with Gasteiger partial charge in [0.1, 0.15) is 6.04 Å². The van der Waals surface area contributed by atoms with Crippen LogP contribution in [0.25, 0.3) is 0 Å². The molecule has 0 radical (unpaired) electrons. The molecule has 6 heteroatoms. The van der Waals surface area contributed by atoms with Gasteiger partial charge in [0.15, 0.2) is 0 Å². The van der Waals surface area contributed by atoms with Gasteiger partial charge >= 0.3 is 0 Å². The van der Waals surface area contributed by atoms with Crippen molar-refractivity contribution in [2.45, 2.75) is 90.0 Å². The molecule has 1 saturated heterocycles. The number of carbonyl (C=O) groups is 3. The smallest absolute Gasteiger partial charge is 0.240 e. The van der Waals surface area contributed by atoms with Crippen molar-refractivity contribution in [1.82, 2.24) is 10.2 Å². The number of nitrogens with two attached hydrogens (primary N) is 1. The first-order valence-corrected chi connectivity index (χ1v) is 12.4. The zero-order chi connectivity index (χ0) is 23.2. The lowest BCUT2D eigenvalue weighted by molar-refractivity contribution is -0.135. The van der Waals surface area contributed by atoms with Gasteiger partial charge < -0.3 is 16.0 Å². The van der Waals surface area contributed by atoms with E-state index < -0.39 is 11.9 Å². The third-order valence-corrected chi connectivity index (χ3v) is 6.35. The number of hydrogen-bond acceptors (Lipinski definition) is 3. The molecule has 0 aliphatic carbocycles. The summed E-state index contributed by atoms with van der Waals surface area (Å²) in [6.07, 6.45) is 11.6. The van der Waals surface area contributed by atoms with Crippen LogP contribution in [-0.2, 0) is 20.8 Å². The monoisotopic (exact) mass is 443 g/mol. The standard InChI is InChI=1S/C26H41N3O3/c1-2-3-4-5-6-7-11-16-22(19-21-14-9-8-10-15-21)26(32)28-23(25(27)31)20-24(30)29-17-12-13-18-29/h8-10,14-15,22-23H,2-7,11-13,16-20H2,1H3,(H2,27,31)(H,28,32)/t22-,23-/m0/s1. The Labute approximate surface area is 193 Å². The predicted octanol–water partition coefficient (Wildman–Crippen LogP) is 3.97. The molecule has 178 valence electrons. The van der Waals surface area contributed by atoms with E-state index in [9.17, 15) is 14.4 Å². The Morgan fingerprint density at radius 3 is 2.22 bits per heavy atom. The van der Waals surface area contributed by atoms with Crippen LogP contribution in [0.5, 0.6) is 0 Å². The number of nitrogens with one attached hydrogen (secondary N) is 1. The number of primary amides is 1. The summed E-state index contributed by atoms with van der Waals surface area (Å²) in [5.41, 5.74) is 6.64. The fourth-order valence-electron chi connectivity index (χ4n) is 4.35. The molecule has 1 aliphatic rings. The highest BCUT2D eigenvalue weighted by Gasteiger charge is 2.28. The summed E-state index contributed by atoms with van der Waals surface area (Å²) in [7, 11) is 0. The van der Waals surface area contributed by atoms with Crippen LogP contribution in [0.15, 0.2) is 30.3 Å². The van der Waals surface area contributed by atoms with Crippen LogP contribution < -0.4 is 11.1 Å². The number of rotatable bonds is 15. The average molecular weight is 444 g/mol. The predicted molar refractivity (Wildman–Crippen MR) is 128 cm³/mol. The molecule has 3 amide bonds. The topological polar surface area (TPSA) is 92.5 Å². The lowest BCUT2D eigenvalue weighted by atomic mass is 9.92. The minimum Gasteiger partial charge on any atom is -0.368 e. The van der Waals surface area contributed by atoms with Gasteiger partial charge in [-0.2, -0.15) is 0 Å². The van der Waals surface area contributed by atoms with Crippen LogP contribution in [0.4, 0.5) is 0 Å². The zero-order valence-corrected chi connectivity index (χ0v) is 19.7. The maximum Gasteiger partial charge on any atom is 0.240 e. The van der Waals surface area contributed by atoms with Gasteiger partial charge in [-0.05, 0) is 31.2 Å². The molecule has 1 aliphatic heterocycles. The van der Waals surface area contributed by atoms with Crippen molar-refractivity contribution < 1.29 is 14.4 Å². The lowest BCUT2D eigenvalue weighted by Gasteiger charge is -2.23. The Kier molecular flexibility index (Phi) is 11.8. The summed E-state index contributed by atoms with van der Waals surface area (Å²) in [5.74, 6) is -1.19. The molecule has 2 atom stereocenters. The second-order valence-electron chi connectivity index (χ2n) is 9.05. The van der Waals surface area contributed by atoms with Gasteiger partial charge in [-0.15, -0.1) is 0 Å². The normalized spacial score (nSPS) is 15.3. The van der Waals surface area contributed by atoms with Gasteiger partial charge in [-0.1, -0.05) is 82.2 Å². The van der Waals surface area contributed by atoms with E-state index in [-0.39, 0.29) is 24.2 Å². The minimum atomic E-state index is -0.956. The third kappa shape index (κ3) is 9.41. The molecule has 0 bridgehead atoms. The highest BCUT2D eigenvalue weighted by molar-refractivity contribution is 5.91. The molecular weight excluding hydrogens is 402 g/mol. The van der Waals surface area contributed by atoms with E-state index in [1.54, 1.807) is 4.90 Å². The van der Waals surface area contributed by atoms with E-state index in [1.165, 1.54) is 32.1 Å². The van der Waals surface area contributed by atoms with Crippen LogP contribution >= 0.6 is 0 Å². The third-order valence-electron chi connectivity index (χ3n) is 6.35. The van der Waals surface area contributed by atoms with Crippen molar-refractivity contribution in [3.8, 4) is 0 Å². The van der Waals surface area contributed by atoms with E-state index in [0.717, 1.165) is 37.7 Å². The Balaban J connectivity index is 1.92. The second kappa shape index (κ2) is 14.6. The first-order valence-electron chi connectivity index (χ1n) is 12.4. The highest BCUT2D eigenvalue weighted by atomic mass is 16.2. The summed E-state index contributed by atoms with van der Waals surface area (Å²) in [5, 5.41) is 2.80. The number of carbonyl (C=O) groups excluding carboxylic acids is 3. The minimum absolute atomic E-state index is 0.0590. The first-order chi connectivity index (χ1) is 15.5. The zero-order valence-electron chi connectivity index (χ0n) is 19.7. The van der Waals surface area contributed by atoms with Crippen molar-refractivity contribution in [3.05, 3.63) is 35.9 Å². The van der Waals surface area contributed by atoms with E-state index in [0.29, 0.717) is 19.5 Å². The number of likely N-dealkylation sites (tertiary alicyclic amines) is 1. The maximum absolute atomic E-state index is 13.1. The molecule has 0 saturated carbocycles. The molecule has 1 heterocycles. The van der Waals surface area contributed by atoms with E-state index in [4.69, 9.17) is 5.73 Å². The number of unbranched alkanes of at least 4 members (excludes halogenated alkanes) is 6. The summed E-state index contributed by atoms with van der Waals surface area (Å²) in [6.45, 7) is 3.64. The Morgan fingerprint density at radius 1 is 0.969 bits per heavy atom. The summed E-state index contributed by atoms with van der Waals surface area (Å²) in [6, 6.07) is 8.99.